The van der Waals surface area contributed by atoms with E-state index in [-0.39, 0.29) is 17.5 Å². The van der Waals surface area contributed by atoms with E-state index in [2.05, 4.69) is 5.32 Å². The van der Waals surface area contributed by atoms with Gasteiger partial charge in [0, 0.05) is 24.2 Å². The summed E-state index contributed by atoms with van der Waals surface area (Å²) < 4.78 is 40.3. The number of benzene rings is 2. The molecule has 0 saturated heterocycles. The Morgan fingerprint density at radius 3 is 2.39 bits per heavy atom. The van der Waals surface area contributed by atoms with Crippen LogP contribution in [0.4, 0.5) is 19.3 Å². The van der Waals surface area contributed by atoms with Gasteiger partial charge in [-0.1, -0.05) is 0 Å². The lowest BCUT2D eigenvalue weighted by Gasteiger charge is -2.21. The van der Waals surface area contributed by atoms with Gasteiger partial charge < -0.3 is 14.8 Å². The molecule has 0 aliphatic carbocycles. The van der Waals surface area contributed by atoms with Gasteiger partial charge in [0.2, 0.25) is 0 Å². The Labute approximate surface area is 161 Å². The maximum atomic E-state index is 14.2. The van der Waals surface area contributed by atoms with Gasteiger partial charge in [0.25, 0.3) is 0 Å². The van der Waals surface area contributed by atoms with Crippen LogP contribution in [0.5, 0.6) is 5.75 Å². The molecule has 1 heterocycles. The Morgan fingerprint density at radius 1 is 1.11 bits per heavy atom. The second-order valence-corrected chi connectivity index (χ2v) is 7.33. The number of carbonyl (C=O) groups excluding carboxylic acids is 1. The van der Waals surface area contributed by atoms with Gasteiger partial charge in [0.15, 0.2) is 0 Å². The van der Waals surface area contributed by atoms with Crippen LogP contribution in [0.15, 0.2) is 42.5 Å². The second-order valence-electron chi connectivity index (χ2n) is 7.33. The lowest BCUT2D eigenvalue weighted by molar-refractivity contribution is 0.0535. The highest BCUT2D eigenvalue weighted by molar-refractivity contribution is 5.91. The molecule has 2 aromatic carbocycles. The molecule has 0 radical (unpaired) electrons. The summed E-state index contributed by atoms with van der Waals surface area (Å²) in [5.41, 5.74) is 0.607. The number of nitrogens with zero attached hydrogens (tertiary/aromatic N) is 1. The van der Waals surface area contributed by atoms with Crippen molar-refractivity contribution in [2.24, 2.45) is 0 Å². The Balaban J connectivity index is 1.98. The molecule has 0 unspecified atom stereocenters. The first-order chi connectivity index (χ1) is 13.2. The largest absolute Gasteiger partial charge is 0.487 e. The summed E-state index contributed by atoms with van der Waals surface area (Å²) in [7, 11) is 1.81. The van der Waals surface area contributed by atoms with E-state index >= 15 is 0 Å². The van der Waals surface area contributed by atoms with Gasteiger partial charge in [0.1, 0.15) is 29.6 Å². The number of anilines is 1. The van der Waals surface area contributed by atoms with Crippen LogP contribution in [-0.2, 0) is 11.3 Å². The molecule has 1 N–H and O–H groups in total. The number of hydrogen-bond acceptors (Lipinski definition) is 4. The number of halogens is 2. The van der Waals surface area contributed by atoms with E-state index in [4.69, 9.17) is 9.47 Å². The van der Waals surface area contributed by atoms with Crippen LogP contribution in [0.1, 0.15) is 26.5 Å². The summed E-state index contributed by atoms with van der Waals surface area (Å²) >= 11 is 0. The molecule has 148 valence electrons. The monoisotopic (exact) mass is 388 g/mol. The van der Waals surface area contributed by atoms with E-state index in [1.54, 1.807) is 32.9 Å². The summed E-state index contributed by atoms with van der Waals surface area (Å²) in [4.78, 5) is 12.7. The molecule has 0 bridgehead atoms. The Morgan fingerprint density at radius 2 is 1.79 bits per heavy atom. The normalized spacial score (nSPS) is 11.5. The van der Waals surface area contributed by atoms with Crippen LogP contribution in [0.2, 0.25) is 0 Å². The maximum absolute atomic E-state index is 14.2. The third-order valence-corrected chi connectivity index (χ3v) is 4.02. The topological polar surface area (TPSA) is 52.5 Å². The van der Waals surface area contributed by atoms with E-state index < -0.39 is 23.3 Å². The number of fused-ring (bicyclic) bond motifs is 1. The van der Waals surface area contributed by atoms with Crippen molar-refractivity contribution in [1.82, 2.24) is 4.57 Å². The van der Waals surface area contributed by atoms with E-state index in [9.17, 15) is 13.6 Å². The first-order valence-corrected chi connectivity index (χ1v) is 8.81. The van der Waals surface area contributed by atoms with Gasteiger partial charge in [-0.3, -0.25) is 0 Å². The minimum atomic E-state index is -0.775. The molecular formula is C21H22F2N2O3. The van der Waals surface area contributed by atoms with Crippen molar-refractivity contribution in [3.05, 3.63) is 59.8 Å². The van der Waals surface area contributed by atoms with Crippen LogP contribution in [0.3, 0.4) is 0 Å². The van der Waals surface area contributed by atoms with E-state index in [1.165, 1.54) is 6.07 Å². The molecule has 0 aliphatic rings. The molecule has 3 aromatic rings. The first kappa shape index (κ1) is 19.7. The third-order valence-electron chi connectivity index (χ3n) is 4.02. The number of hydrogen-bond donors (Lipinski definition) is 1. The van der Waals surface area contributed by atoms with Crippen molar-refractivity contribution in [2.45, 2.75) is 33.0 Å². The van der Waals surface area contributed by atoms with Crippen molar-refractivity contribution >= 4 is 22.7 Å². The molecule has 7 heteroatoms. The van der Waals surface area contributed by atoms with Crippen molar-refractivity contribution in [2.75, 3.05) is 12.4 Å². The van der Waals surface area contributed by atoms with E-state index in [0.29, 0.717) is 11.4 Å². The number of nitrogens with one attached hydrogen (secondary N) is 1. The molecule has 0 fully saturated rings. The van der Waals surface area contributed by atoms with Gasteiger partial charge in [-0.2, -0.15) is 0 Å². The van der Waals surface area contributed by atoms with Gasteiger partial charge >= 0.3 is 6.09 Å². The highest BCUT2D eigenvalue weighted by atomic mass is 19.1. The molecule has 0 amide bonds. The SMILES string of the molecule is CNc1ccc(OCc2cc3c(F)cc(F)cc3n2C(=O)OC(C)(C)C)cc1. The summed E-state index contributed by atoms with van der Waals surface area (Å²) in [6, 6.07) is 10.6. The van der Waals surface area contributed by atoms with Crippen LogP contribution >= 0.6 is 0 Å². The average molecular weight is 388 g/mol. The van der Waals surface area contributed by atoms with Crippen LogP contribution in [-0.4, -0.2) is 23.3 Å². The third kappa shape index (κ3) is 4.24. The maximum Gasteiger partial charge on any atom is 0.419 e. The standard InChI is InChI=1S/C21H22F2N2O3/c1-21(2,3)28-20(26)25-15(11-17-18(23)9-13(22)10-19(17)25)12-27-16-7-5-14(24-4)6-8-16/h5-11,24H,12H2,1-4H3. The second kappa shape index (κ2) is 7.50. The molecule has 0 aliphatic heterocycles. The summed E-state index contributed by atoms with van der Waals surface area (Å²) in [5, 5.41) is 3.13. The quantitative estimate of drug-likeness (QED) is 0.657. The van der Waals surface area contributed by atoms with Gasteiger partial charge in [-0.05, 0) is 57.2 Å². The van der Waals surface area contributed by atoms with Gasteiger partial charge in [-0.15, -0.1) is 0 Å². The number of aromatic nitrogens is 1. The van der Waals surface area contributed by atoms with E-state index in [0.717, 1.165) is 22.4 Å². The predicted molar refractivity (Wildman–Crippen MR) is 104 cm³/mol. The number of ether oxygens (including phenoxy) is 2. The minimum Gasteiger partial charge on any atom is -0.487 e. The van der Waals surface area contributed by atoms with Crippen LogP contribution in [0.25, 0.3) is 10.9 Å². The number of rotatable bonds is 4. The molecule has 0 saturated carbocycles. The smallest absolute Gasteiger partial charge is 0.419 e. The zero-order valence-electron chi connectivity index (χ0n) is 16.2. The van der Waals surface area contributed by atoms with Crippen molar-refractivity contribution in [3.8, 4) is 5.75 Å². The van der Waals surface area contributed by atoms with Gasteiger partial charge in [-0.25, -0.2) is 18.1 Å². The fourth-order valence-corrected chi connectivity index (χ4v) is 2.79. The Hall–Kier alpha value is -3.09. The number of carbonyl (C=O) groups is 1. The van der Waals surface area contributed by atoms with Gasteiger partial charge in [0.05, 0.1) is 11.2 Å². The zero-order chi connectivity index (χ0) is 20.5. The van der Waals surface area contributed by atoms with Crippen molar-refractivity contribution in [3.63, 3.8) is 0 Å². The molecule has 28 heavy (non-hydrogen) atoms. The molecule has 3 rings (SSSR count). The fraction of sp³-hybridized carbons (Fsp3) is 0.286. The molecule has 0 atom stereocenters. The minimum absolute atomic E-state index is 0.0200. The molecule has 5 nitrogen and oxygen atoms in total. The highest BCUT2D eigenvalue weighted by Crippen LogP contribution is 2.27. The average Bonchev–Trinajstić information content (AvgIpc) is 2.97. The van der Waals surface area contributed by atoms with Crippen molar-refractivity contribution < 1.29 is 23.0 Å². The summed E-state index contributed by atoms with van der Waals surface area (Å²) in [5.74, 6) is -0.952. The Kier molecular flexibility index (Phi) is 5.27. The summed E-state index contributed by atoms with van der Waals surface area (Å²) in [6.45, 7) is 5.14. The van der Waals surface area contributed by atoms with E-state index in [1.807, 2.05) is 19.2 Å². The fourth-order valence-electron chi connectivity index (χ4n) is 2.79. The van der Waals surface area contributed by atoms with Crippen LogP contribution in [0, 0.1) is 11.6 Å². The lowest BCUT2D eigenvalue weighted by Crippen LogP contribution is -2.28. The first-order valence-electron chi connectivity index (χ1n) is 8.81. The molecule has 1 aromatic heterocycles. The predicted octanol–water partition coefficient (Wildman–Crippen LogP) is 5.32. The Bertz CT molecular complexity index is 1010. The summed E-state index contributed by atoms with van der Waals surface area (Å²) in [6.07, 6.45) is -0.725. The lowest BCUT2D eigenvalue weighted by atomic mass is 10.2. The highest BCUT2D eigenvalue weighted by Gasteiger charge is 2.24. The molecular weight excluding hydrogens is 366 g/mol. The van der Waals surface area contributed by atoms with Crippen LogP contribution < -0.4 is 10.1 Å². The molecule has 0 spiro atoms. The van der Waals surface area contributed by atoms with Crippen molar-refractivity contribution in [1.29, 1.82) is 0 Å². The zero-order valence-corrected chi connectivity index (χ0v) is 16.2.